The van der Waals surface area contributed by atoms with E-state index in [4.69, 9.17) is 5.11 Å². The van der Waals surface area contributed by atoms with Gasteiger partial charge in [-0.3, -0.25) is 10.1 Å². The normalized spacial score (nSPS) is 8.36. The molecule has 0 amide bonds. The fourth-order valence-corrected chi connectivity index (χ4v) is 0.619. The number of phenols is 1. The van der Waals surface area contributed by atoms with Crippen LogP contribution in [0.4, 0.5) is 5.69 Å². The third-order valence-corrected chi connectivity index (χ3v) is 1.08. The van der Waals surface area contributed by atoms with Crippen LogP contribution >= 0.6 is 0 Å². The standard InChI is InChI=1S/C6H5NO3.Ca.2H/c8-6-4-2-1-3-5(6)7(9)10;;;/h1-4,8H;;;. The Kier molecular flexibility index (Phi) is 4.40. The van der Waals surface area contributed by atoms with E-state index < -0.39 is 4.92 Å². The van der Waals surface area contributed by atoms with E-state index in [0.29, 0.717) is 0 Å². The fourth-order valence-electron chi connectivity index (χ4n) is 0.619. The van der Waals surface area contributed by atoms with Crippen molar-refractivity contribution < 1.29 is 10.0 Å². The maximum atomic E-state index is 10.1. The Labute approximate surface area is 93.0 Å². The molecular formula is C6H7CaNO3. The van der Waals surface area contributed by atoms with Crippen molar-refractivity contribution in [1.82, 2.24) is 0 Å². The number of hydrogen-bond acceptors (Lipinski definition) is 3. The van der Waals surface area contributed by atoms with Gasteiger partial charge in [0.25, 0.3) is 0 Å². The van der Waals surface area contributed by atoms with Crippen LogP contribution in [-0.2, 0) is 0 Å². The molecule has 0 atom stereocenters. The van der Waals surface area contributed by atoms with Crippen molar-refractivity contribution in [3.05, 3.63) is 34.4 Å². The van der Waals surface area contributed by atoms with Crippen molar-refractivity contribution in [2.75, 3.05) is 0 Å². The summed E-state index contributed by atoms with van der Waals surface area (Å²) in [5.41, 5.74) is -0.262. The predicted molar refractivity (Wildman–Crippen MR) is 43.3 cm³/mol. The van der Waals surface area contributed by atoms with E-state index >= 15 is 0 Å². The summed E-state index contributed by atoms with van der Waals surface area (Å²) in [4.78, 5) is 9.44. The van der Waals surface area contributed by atoms with E-state index in [1.54, 1.807) is 0 Å². The number of hydrogen-bond donors (Lipinski definition) is 1. The second-order valence-corrected chi connectivity index (χ2v) is 1.75. The zero-order valence-electron chi connectivity index (χ0n) is 5.02. The second kappa shape index (κ2) is 4.54. The zero-order chi connectivity index (χ0) is 7.56. The van der Waals surface area contributed by atoms with Crippen molar-refractivity contribution in [2.24, 2.45) is 0 Å². The second-order valence-electron chi connectivity index (χ2n) is 1.75. The number of benzene rings is 1. The van der Waals surface area contributed by atoms with Gasteiger partial charge in [-0.15, -0.1) is 0 Å². The number of nitro groups is 1. The molecule has 0 heterocycles. The summed E-state index contributed by atoms with van der Waals surface area (Å²) in [5, 5.41) is 18.9. The minimum atomic E-state index is -0.630. The van der Waals surface area contributed by atoms with E-state index in [0.717, 1.165) is 0 Å². The molecule has 1 aromatic carbocycles. The number of phenolic OH excluding ortho intramolecular Hbond substituents is 1. The molecule has 11 heavy (non-hydrogen) atoms. The molecule has 0 saturated heterocycles. The summed E-state index contributed by atoms with van der Waals surface area (Å²) in [5.74, 6) is -0.299. The molecule has 4 nitrogen and oxygen atoms in total. The van der Waals surface area contributed by atoms with Gasteiger partial charge in [0.15, 0.2) is 5.75 Å². The number of para-hydroxylation sites is 2. The molecule has 0 unspecified atom stereocenters. The molecule has 0 aliphatic rings. The summed E-state index contributed by atoms with van der Waals surface area (Å²) in [6.07, 6.45) is 0. The van der Waals surface area contributed by atoms with E-state index in [9.17, 15) is 10.1 Å². The molecule has 1 rings (SSSR count). The van der Waals surface area contributed by atoms with Crippen molar-refractivity contribution in [3.63, 3.8) is 0 Å². The summed E-state index contributed by atoms with van der Waals surface area (Å²) < 4.78 is 0. The average molecular weight is 181 g/mol. The molecule has 0 bridgehead atoms. The van der Waals surface area contributed by atoms with Crippen LogP contribution in [0, 0.1) is 10.1 Å². The Bertz CT molecular complexity index is 264. The van der Waals surface area contributed by atoms with Gasteiger partial charge in [0.1, 0.15) is 0 Å². The van der Waals surface area contributed by atoms with Crippen LogP contribution < -0.4 is 0 Å². The first-order chi connectivity index (χ1) is 4.72. The Morgan fingerprint density at radius 2 is 1.91 bits per heavy atom. The third kappa shape index (κ3) is 2.65. The summed E-state index contributed by atoms with van der Waals surface area (Å²) in [6.45, 7) is 0. The topological polar surface area (TPSA) is 63.4 Å². The van der Waals surface area contributed by atoms with Gasteiger partial charge in [0.05, 0.1) is 4.92 Å². The van der Waals surface area contributed by atoms with Crippen LogP contribution in [0.15, 0.2) is 24.3 Å². The molecular weight excluding hydrogens is 174 g/mol. The van der Waals surface area contributed by atoms with Crippen LogP contribution in [0.25, 0.3) is 0 Å². The fraction of sp³-hybridized carbons (Fsp3) is 0. The van der Waals surface area contributed by atoms with Crippen molar-refractivity contribution >= 4 is 43.4 Å². The summed E-state index contributed by atoms with van der Waals surface area (Å²) in [6, 6.07) is 5.55. The van der Waals surface area contributed by atoms with Crippen LogP contribution in [0.1, 0.15) is 0 Å². The van der Waals surface area contributed by atoms with E-state index in [1.165, 1.54) is 24.3 Å². The number of nitrogens with zero attached hydrogens (tertiary/aromatic N) is 1. The van der Waals surface area contributed by atoms with E-state index in [-0.39, 0.29) is 49.2 Å². The Hall–Kier alpha value is -0.320. The first-order valence-corrected chi connectivity index (χ1v) is 2.64. The number of nitro benzene ring substituents is 1. The monoisotopic (exact) mass is 181 g/mol. The van der Waals surface area contributed by atoms with Crippen molar-refractivity contribution in [2.45, 2.75) is 0 Å². The molecule has 0 saturated carbocycles. The van der Waals surface area contributed by atoms with Gasteiger partial charge in [0, 0.05) is 6.07 Å². The maximum absolute atomic E-state index is 10.1. The van der Waals surface area contributed by atoms with Crippen LogP contribution in [0.2, 0.25) is 0 Å². The minimum absolute atomic E-state index is 0. The van der Waals surface area contributed by atoms with Gasteiger partial charge in [0.2, 0.25) is 0 Å². The number of aromatic hydroxyl groups is 1. The molecule has 5 heteroatoms. The summed E-state index contributed by atoms with van der Waals surface area (Å²) >= 11 is 0. The molecule has 0 radical (unpaired) electrons. The molecule has 0 aliphatic carbocycles. The quantitative estimate of drug-likeness (QED) is 0.387. The molecule has 0 spiro atoms. The van der Waals surface area contributed by atoms with Crippen LogP contribution in [-0.4, -0.2) is 47.8 Å². The Balaban J connectivity index is 0.000001000. The van der Waals surface area contributed by atoms with Gasteiger partial charge >= 0.3 is 43.4 Å². The zero-order valence-corrected chi connectivity index (χ0v) is 5.02. The van der Waals surface area contributed by atoms with Crippen molar-refractivity contribution in [3.8, 4) is 5.75 Å². The van der Waals surface area contributed by atoms with Gasteiger partial charge in [-0.05, 0) is 6.07 Å². The molecule has 0 aromatic heterocycles. The van der Waals surface area contributed by atoms with Crippen molar-refractivity contribution in [1.29, 1.82) is 0 Å². The predicted octanol–water partition coefficient (Wildman–Crippen LogP) is 0.384. The van der Waals surface area contributed by atoms with Crippen LogP contribution in [0.3, 0.4) is 0 Å². The van der Waals surface area contributed by atoms with Gasteiger partial charge < -0.3 is 5.11 Å². The SMILES string of the molecule is O=[N+]([O-])c1ccccc1O.[CaH2]. The van der Waals surface area contributed by atoms with E-state index in [1.807, 2.05) is 0 Å². The Morgan fingerprint density at radius 3 is 2.27 bits per heavy atom. The van der Waals surface area contributed by atoms with Crippen LogP contribution in [0.5, 0.6) is 5.75 Å². The molecule has 1 aromatic rings. The Morgan fingerprint density at radius 1 is 1.36 bits per heavy atom. The first kappa shape index (κ1) is 10.7. The third-order valence-electron chi connectivity index (χ3n) is 1.08. The summed E-state index contributed by atoms with van der Waals surface area (Å²) in [7, 11) is 0. The van der Waals surface area contributed by atoms with E-state index in [2.05, 4.69) is 0 Å². The average Bonchev–Trinajstić information content (AvgIpc) is 1.88. The molecule has 1 N–H and O–H groups in total. The van der Waals surface area contributed by atoms with Gasteiger partial charge in [-0.25, -0.2) is 0 Å². The molecule has 0 aliphatic heterocycles. The molecule has 0 fully saturated rings. The van der Waals surface area contributed by atoms with Gasteiger partial charge in [-0.2, -0.15) is 0 Å². The number of rotatable bonds is 1. The molecule has 56 valence electrons. The first-order valence-electron chi connectivity index (χ1n) is 2.64. The van der Waals surface area contributed by atoms with Gasteiger partial charge in [-0.1, -0.05) is 12.1 Å².